The number of halogens is 17. The molecule has 0 unspecified atom stereocenters. The topological polar surface area (TPSA) is 4.93 Å². The van der Waals surface area contributed by atoms with Gasteiger partial charge in [0.25, 0.3) is 0 Å². The SMILES string of the molecule is FC(F)(F)C(F)(F)C(F)(F)C(F)(F)C(F)(F)C(F)(F)C(F)(F)C(F)(F)CCCCn1cccc1. The van der Waals surface area contributed by atoms with Gasteiger partial charge in [-0.3, -0.25) is 0 Å². The smallest absolute Gasteiger partial charge is 0.354 e. The van der Waals surface area contributed by atoms with E-state index in [0.29, 0.717) is 0 Å². The summed E-state index contributed by atoms with van der Waals surface area (Å²) in [6, 6.07) is 2.84. The Balaban J connectivity index is 3.28. The highest BCUT2D eigenvalue weighted by atomic mass is 19.4. The van der Waals surface area contributed by atoms with Crippen molar-refractivity contribution < 1.29 is 74.6 Å². The van der Waals surface area contributed by atoms with Crippen LogP contribution in [0.5, 0.6) is 0 Å². The summed E-state index contributed by atoms with van der Waals surface area (Å²) in [6.45, 7) is -0.196. The minimum atomic E-state index is -8.59. The van der Waals surface area contributed by atoms with Crippen LogP contribution in [0.15, 0.2) is 24.5 Å². The van der Waals surface area contributed by atoms with Crippen LogP contribution in [-0.2, 0) is 6.54 Å². The van der Waals surface area contributed by atoms with Crippen LogP contribution in [0.1, 0.15) is 19.3 Å². The summed E-state index contributed by atoms with van der Waals surface area (Å²) in [5.74, 6) is -55.9. The van der Waals surface area contributed by atoms with E-state index in [1.165, 1.54) is 29.1 Å². The van der Waals surface area contributed by atoms with E-state index in [1.807, 2.05) is 0 Å². The van der Waals surface area contributed by atoms with Gasteiger partial charge in [0.15, 0.2) is 0 Å². The third-order valence-electron chi connectivity index (χ3n) is 4.61. The van der Waals surface area contributed by atoms with E-state index < -0.39 is 66.9 Å². The fraction of sp³-hybridized carbons (Fsp3) is 0.750. The zero-order valence-electron chi connectivity index (χ0n) is 16.0. The molecule has 0 aromatic carbocycles. The van der Waals surface area contributed by atoms with Gasteiger partial charge in [0.1, 0.15) is 0 Å². The van der Waals surface area contributed by atoms with Crippen LogP contribution >= 0.6 is 0 Å². The second kappa shape index (κ2) is 8.64. The molecule has 0 saturated carbocycles. The molecule has 1 rings (SSSR count). The molecule has 0 aliphatic rings. The lowest BCUT2D eigenvalue weighted by Gasteiger charge is -2.42. The van der Waals surface area contributed by atoms with Gasteiger partial charge in [-0.25, -0.2) is 0 Å². The molecule has 200 valence electrons. The van der Waals surface area contributed by atoms with E-state index in [2.05, 4.69) is 0 Å². The molecular formula is C16H12F17N. The van der Waals surface area contributed by atoms with Crippen molar-refractivity contribution in [1.29, 1.82) is 0 Å². The summed E-state index contributed by atoms with van der Waals surface area (Å²) in [6.07, 6.45) is -9.11. The summed E-state index contributed by atoms with van der Waals surface area (Å²) in [5.41, 5.74) is 0. The molecule has 1 aromatic heterocycles. The summed E-state index contributed by atoms with van der Waals surface area (Å²) in [4.78, 5) is 0. The molecule has 0 saturated heterocycles. The predicted molar refractivity (Wildman–Crippen MR) is 79.0 cm³/mol. The second-order valence-corrected chi connectivity index (χ2v) is 7.03. The molecule has 0 bridgehead atoms. The molecule has 34 heavy (non-hydrogen) atoms. The molecule has 0 spiro atoms. The first-order valence-corrected chi connectivity index (χ1v) is 8.65. The van der Waals surface area contributed by atoms with Crippen LogP contribution in [-0.4, -0.2) is 52.2 Å². The third kappa shape index (κ3) is 4.40. The van der Waals surface area contributed by atoms with Crippen molar-refractivity contribution in [3.05, 3.63) is 24.5 Å². The number of hydrogen-bond acceptors (Lipinski definition) is 0. The van der Waals surface area contributed by atoms with Crippen molar-refractivity contribution in [2.45, 2.75) is 73.4 Å². The first-order chi connectivity index (χ1) is 14.8. The molecule has 1 nitrogen and oxygen atoms in total. The van der Waals surface area contributed by atoms with Crippen LogP contribution < -0.4 is 0 Å². The summed E-state index contributed by atoms with van der Waals surface area (Å²) in [7, 11) is 0. The van der Waals surface area contributed by atoms with Gasteiger partial charge in [-0.2, -0.15) is 74.6 Å². The molecule has 0 atom stereocenters. The Labute approximate surface area is 178 Å². The zero-order chi connectivity index (χ0) is 27.2. The van der Waals surface area contributed by atoms with E-state index in [9.17, 15) is 74.6 Å². The van der Waals surface area contributed by atoms with Crippen LogP contribution in [0, 0.1) is 0 Å². The van der Waals surface area contributed by atoms with Crippen LogP contribution in [0.4, 0.5) is 74.6 Å². The minimum Gasteiger partial charge on any atom is -0.354 e. The molecule has 0 N–H and O–H groups in total. The largest absolute Gasteiger partial charge is 0.460 e. The van der Waals surface area contributed by atoms with Gasteiger partial charge in [0.05, 0.1) is 0 Å². The van der Waals surface area contributed by atoms with Gasteiger partial charge in [-0.1, -0.05) is 0 Å². The monoisotopic (exact) mass is 541 g/mol. The van der Waals surface area contributed by atoms with Gasteiger partial charge in [0.2, 0.25) is 0 Å². The Morgan fingerprint density at radius 3 is 1.18 bits per heavy atom. The lowest BCUT2D eigenvalue weighted by atomic mass is 9.88. The molecule has 0 amide bonds. The van der Waals surface area contributed by atoms with Crippen molar-refractivity contribution in [1.82, 2.24) is 4.57 Å². The molecule has 0 fully saturated rings. The maximum Gasteiger partial charge on any atom is 0.460 e. The fourth-order valence-corrected chi connectivity index (χ4v) is 2.51. The van der Waals surface area contributed by atoms with Crippen LogP contribution in [0.2, 0.25) is 0 Å². The van der Waals surface area contributed by atoms with Gasteiger partial charge in [-0.15, -0.1) is 0 Å². The van der Waals surface area contributed by atoms with Gasteiger partial charge in [-0.05, 0) is 25.0 Å². The number of aromatic nitrogens is 1. The van der Waals surface area contributed by atoms with E-state index in [-0.39, 0.29) is 6.54 Å². The molecule has 18 heteroatoms. The number of hydrogen-bond donors (Lipinski definition) is 0. The third-order valence-corrected chi connectivity index (χ3v) is 4.61. The Morgan fingerprint density at radius 2 is 0.794 bits per heavy atom. The Kier molecular flexibility index (Phi) is 7.65. The average molecular weight is 541 g/mol. The van der Waals surface area contributed by atoms with E-state index >= 15 is 0 Å². The van der Waals surface area contributed by atoms with Crippen LogP contribution in [0.25, 0.3) is 0 Å². The highest BCUT2D eigenvalue weighted by Crippen LogP contribution is 2.64. The number of nitrogens with zero attached hydrogens (tertiary/aromatic N) is 1. The molecule has 0 aliphatic heterocycles. The van der Waals surface area contributed by atoms with Crippen LogP contribution in [0.3, 0.4) is 0 Å². The highest BCUT2D eigenvalue weighted by Gasteiger charge is 2.95. The number of aryl methyl sites for hydroxylation is 1. The maximum absolute atomic E-state index is 13.7. The Bertz CT molecular complexity index is 806. The summed E-state index contributed by atoms with van der Waals surface area (Å²) in [5, 5.41) is 0. The van der Waals surface area contributed by atoms with E-state index in [0.717, 1.165) is 0 Å². The summed E-state index contributed by atoms with van der Waals surface area (Å²) >= 11 is 0. The first-order valence-electron chi connectivity index (χ1n) is 8.65. The average Bonchev–Trinajstić information content (AvgIpc) is 3.16. The zero-order valence-corrected chi connectivity index (χ0v) is 16.0. The van der Waals surface area contributed by atoms with Crippen molar-refractivity contribution in [2.75, 3.05) is 0 Å². The van der Waals surface area contributed by atoms with E-state index in [4.69, 9.17) is 0 Å². The number of alkyl halides is 17. The predicted octanol–water partition coefficient (Wildman–Crippen LogP) is 7.67. The second-order valence-electron chi connectivity index (χ2n) is 7.03. The molecular weight excluding hydrogens is 529 g/mol. The molecule has 0 radical (unpaired) electrons. The van der Waals surface area contributed by atoms with Crippen molar-refractivity contribution in [2.24, 2.45) is 0 Å². The van der Waals surface area contributed by atoms with Crippen molar-refractivity contribution in [3.63, 3.8) is 0 Å². The van der Waals surface area contributed by atoms with E-state index in [1.54, 1.807) is 0 Å². The van der Waals surface area contributed by atoms with Crippen molar-refractivity contribution in [3.8, 4) is 0 Å². The quantitative estimate of drug-likeness (QED) is 0.200. The standard InChI is InChI=1S/C16H12F17N/c17-9(18,5-1-2-6-34-7-3-4-8-34)10(19,20)11(21,22)12(23,24)13(25,26)14(27,28)15(29,30)16(31,32)33/h3-4,7-8H,1-2,5-6H2. The first kappa shape index (κ1) is 30.1. The molecule has 1 heterocycles. The highest BCUT2D eigenvalue weighted by molar-refractivity contribution is 5.15. The lowest BCUT2D eigenvalue weighted by molar-refractivity contribution is -0.461. The summed E-state index contributed by atoms with van der Waals surface area (Å²) < 4.78 is 224. The molecule has 1 aromatic rings. The maximum atomic E-state index is 13.7. The van der Waals surface area contributed by atoms with Gasteiger partial charge in [0, 0.05) is 25.4 Å². The number of unbranched alkanes of at least 4 members (excludes halogenated alkanes) is 1. The van der Waals surface area contributed by atoms with Gasteiger partial charge < -0.3 is 4.57 Å². The minimum absolute atomic E-state index is 0.196. The Hall–Kier alpha value is -1.91. The van der Waals surface area contributed by atoms with Gasteiger partial charge >= 0.3 is 47.6 Å². The lowest BCUT2D eigenvalue weighted by Crippen LogP contribution is -2.74. The van der Waals surface area contributed by atoms with Crippen molar-refractivity contribution >= 4 is 0 Å². The number of rotatable bonds is 11. The molecule has 0 aliphatic carbocycles. The normalized spacial score (nSPS) is 15.7. The Morgan fingerprint density at radius 1 is 0.441 bits per heavy atom. The fourth-order valence-electron chi connectivity index (χ4n) is 2.51.